The summed E-state index contributed by atoms with van der Waals surface area (Å²) in [6.45, 7) is 17.4. The van der Waals surface area contributed by atoms with Gasteiger partial charge in [0.15, 0.2) is 5.41 Å². The SMILES string of the molecule is COC(=O)C(Cc1ccc(C(F)(F)P(=O)(OC(C)(C)C)OC(C)(C)C)cc1)(Cc1ccc(C(F)(F)P(=O)(OC(C)(C)C)OC(C)(C)C)cc1)C(=O)OCc1ccccc1. The van der Waals surface area contributed by atoms with E-state index in [4.69, 9.17) is 27.6 Å². The van der Waals surface area contributed by atoms with E-state index in [-0.39, 0.29) is 17.7 Å². The number of hydrogen-bond acceptors (Lipinski definition) is 10. The van der Waals surface area contributed by atoms with Crippen LogP contribution in [0, 0.1) is 5.41 Å². The van der Waals surface area contributed by atoms with Gasteiger partial charge in [-0.1, -0.05) is 78.9 Å². The Morgan fingerprint density at radius 2 is 0.814 bits per heavy atom. The molecule has 59 heavy (non-hydrogen) atoms. The van der Waals surface area contributed by atoms with Crippen molar-refractivity contribution in [3.8, 4) is 0 Å². The summed E-state index contributed by atoms with van der Waals surface area (Å²) in [6, 6.07) is 17.5. The largest absolute Gasteiger partial charge is 0.468 e. The average Bonchev–Trinajstić information content (AvgIpc) is 3.07. The number of esters is 2. The van der Waals surface area contributed by atoms with Gasteiger partial charge in [0.05, 0.1) is 29.5 Å². The van der Waals surface area contributed by atoms with Crippen LogP contribution in [0.2, 0.25) is 0 Å². The maximum atomic E-state index is 16.2. The molecule has 16 heteroatoms. The van der Waals surface area contributed by atoms with Gasteiger partial charge in [-0.05, 0) is 113 Å². The van der Waals surface area contributed by atoms with E-state index in [9.17, 15) is 18.7 Å². The Morgan fingerprint density at radius 3 is 1.10 bits per heavy atom. The zero-order chi connectivity index (χ0) is 45.1. The van der Waals surface area contributed by atoms with Crippen LogP contribution in [0.25, 0.3) is 0 Å². The number of carbonyl (C=O) groups excluding carboxylic acids is 2. The van der Waals surface area contributed by atoms with Crippen LogP contribution in [0.4, 0.5) is 17.6 Å². The monoisotopic (exact) mass is 872 g/mol. The van der Waals surface area contributed by atoms with Crippen molar-refractivity contribution in [3.63, 3.8) is 0 Å². The number of benzene rings is 3. The fourth-order valence-electron chi connectivity index (χ4n) is 5.86. The molecule has 0 bridgehead atoms. The second-order valence-corrected chi connectivity index (χ2v) is 22.1. The normalized spacial score (nSPS) is 13.9. The van der Waals surface area contributed by atoms with Gasteiger partial charge >= 0.3 is 38.5 Å². The molecular weight excluding hydrogens is 814 g/mol. The quantitative estimate of drug-likeness (QED) is 0.0594. The summed E-state index contributed by atoms with van der Waals surface area (Å²) in [5, 5.41) is 0. The van der Waals surface area contributed by atoms with E-state index in [2.05, 4.69) is 0 Å². The highest BCUT2D eigenvalue weighted by Gasteiger charge is 2.60. The van der Waals surface area contributed by atoms with Crippen LogP contribution in [0.1, 0.15) is 111 Å². The number of alkyl halides is 4. The number of halogens is 4. The Hall–Kier alpha value is -3.38. The molecule has 0 saturated heterocycles. The minimum absolute atomic E-state index is 0.192. The van der Waals surface area contributed by atoms with Crippen LogP contribution in [0.15, 0.2) is 78.9 Å². The van der Waals surface area contributed by atoms with Crippen LogP contribution in [-0.2, 0) is 77.1 Å². The van der Waals surface area contributed by atoms with Crippen molar-refractivity contribution in [2.45, 2.75) is 136 Å². The summed E-state index contributed by atoms with van der Waals surface area (Å²) < 4.78 is 125. The lowest BCUT2D eigenvalue weighted by atomic mass is 9.76. The van der Waals surface area contributed by atoms with Gasteiger partial charge in [0.1, 0.15) is 6.61 Å². The van der Waals surface area contributed by atoms with Crippen molar-refractivity contribution in [3.05, 3.63) is 107 Å². The molecule has 3 aromatic carbocycles. The van der Waals surface area contributed by atoms with Gasteiger partial charge in [0.2, 0.25) is 0 Å². The summed E-state index contributed by atoms with van der Waals surface area (Å²) in [6.07, 6.45) is -0.917. The van der Waals surface area contributed by atoms with Crippen LogP contribution in [0.3, 0.4) is 0 Å². The third kappa shape index (κ3) is 13.1. The van der Waals surface area contributed by atoms with Crippen molar-refractivity contribution in [1.29, 1.82) is 0 Å². The Balaban J connectivity index is 2.13. The number of rotatable bonds is 16. The van der Waals surface area contributed by atoms with Crippen LogP contribution in [0.5, 0.6) is 0 Å². The van der Waals surface area contributed by atoms with E-state index in [0.717, 1.165) is 31.4 Å². The average molecular weight is 873 g/mol. The highest BCUT2D eigenvalue weighted by molar-refractivity contribution is 7.55. The maximum Gasteiger partial charge on any atom is 0.405 e. The van der Waals surface area contributed by atoms with Crippen molar-refractivity contribution >= 4 is 27.1 Å². The topological polar surface area (TPSA) is 124 Å². The predicted molar refractivity (Wildman–Crippen MR) is 217 cm³/mol. The van der Waals surface area contributed by atoms with Crippen molar-refractivity contribution in [2.24, 2.45) is 5.41 Å². The molecule has 0 N–H and O–H groups in total. The summed E-state index contributed by atoms with van der Waals surface area (Å²) in [4.78, 5) is 28.0. The van der Waals surface area contributed by atoms with E-state index in [1.165, 1.54) is 107 Å². The third-order valence-electron chi connectivity index (χ3n) is 8.06. The summed E-state index contributed by atoms with van der Waals surface area (Å²) in [7, 11) is -9.31. The van der Waals surface area contributed by atoms with Gasteiger partial charge < -0.3 is 9.47 Å². The molecule has 10 nitrogen and oxygen atoms in total. The van der Waals surface area contributed by atoms with Gasteiger partial charge in [-0.3, -0.25) is 36.8 Å². The van der Waals surface area contributed by atoms with Gasteiger partial charge in [-0.15, -0.1) is 0 Å². The van der Waals surface area contributed by atoms with Gasteiger partial charge in [0.25, 0.3) is 0 Å². The molecule has 0 aliphatic carbocycles. The second-order valence-electron chi connectivity index (χ2n) is 18.3. The Labute approximate surface area is 345 Å². The zero-order valence-electron chi connectivity index (χ0n) is 36.1. The van der Waals surface area contributed by atoms with Crippen LogP contribution >= 0.6 is 15.2 Å². The first kappa shape index (κ1) is 50.0. The van der Waals surface area contributed by atoms with E-state index >= 15 is 17.6 Å². The molecule has 3 aromatic rings. The van der Waals surface area contributed by atoms with E-state index in [0.29, 0.717) is 5.56 Å². The first-order chi connectivity index (χ1) is 26.7. The molecule has 0 saturated carbocycles. The van der Waals surface area contributed by atoms with E-state index in [1.54, 1.807) is 30.3 Å². The first-order valence-electron chi connectivity index (χ1n) is 18.9. The molecule has 0 heterocycles. The number of ether oxygens (including phenoxy) is 2. The molecular formula is C43H58F4O10P2. The Morgan fingerprint density at radius 1 is 0.492 bits per heavy atom. The smallest absolute Gasteiger partial charge is 0.405 e. The van der Waals surface area contributed by atoms with Crippen LogP contribution < -0.4 is 0 Å². The summed E-state index contributed by atoms with van der Waals surface area (Å²) >= 11 is 0. The molecule has 3 rings (SSSR count). The Kier molecular flexibility index (Phi) is 15.2. The maximum absolute atomic E-state index is 16.2. The molecule has 0 spiro atoms. The standard InChI is InChI=1S/C43H58F4O10P2/c1-37(2,3)54-58(50,55-38(4,5)6)42(44,45)33-23-19-30(20-24-33)27-41(35(48)52-13,36(49)53-29-32-17-15-14-16-18-32)28-31-21-25-34(26-22-31)43(46,47)59(51,56-39(7,8)9)57-40(10,11)12/h14-26H,27-29H2,1-13H3. The molecule has 0 radical (unpaired) electrons. The fraction of sp³-hybridized carbons (Fsp3) is 0.535. The molecule has 0 aliphatic heterocycles. The lowest BCUT2D eigenvalue weighted by molar-refractivity contribution is -0.172. The molecule has 328 valence electrons. The second kappa shape index (κ2) is 17.9. The Bertz CT molecular complexity index is 1850. The van der Waals surface area contributed by atoms with Crippen molar-refractivity contribution in [1.82, 2.24) is 0 Å². The number of carbonyl (C=O) groups is 2. The molecule has 0 atom stereocenters. The lowest BCUT2D eigenvalue weighted by Crippen LogP contribution is -2.45. The van der Waals surface area contributed by atoms with Crippen molar-refractivity contribution < 1.29 is 63.8 Å². The molecule has 0 unspecified atom stereocenters. The highest BCUT2D eigenvalue weighted by Crippen LogP contribution is 2.71. The minimum atomic E-state index is -5.18. The van der Waals surface area contributed by atoms with Gasteiger partial charge in [-0.25, -0.2) is 0 Å². The zero-order valence-corrected chi connectivity index (χ0v) is 37.9. The summed E-state index contributed by atoms with van der Waals surface area (Å²) in [5.74, 6) is -2.09. The first-order valence-corrected chi connectivity index (χ1v) is 22.0. The predicted octanol–water partition coefficient (Wildman–Crippen LogP) is 12.1. The van der Waals surface area contributed by atoms with E-state index in [1.807, 2.05) is 0 Å². The van der Waals surface area contributed by atoms with Crippen molar-refractivity contribution in [2.75, 3.05) is 7.11 Å². The molecule has 0 aromatic heterocycles. The molecule has 0 aliphatic rings. The fourth-order valence-corrected chi connectivity index (χ4v) is 10.2. The summed E-state index contributed by atoms with van der Waals surface area (Å²) in [5.41, 5.74) is -16.0. The molecule has 0 fully saturated rings. The lowest BCUT2D eigenvalue weighted by Gasteiger charge is -2.36. The third-order valence-corrected chi connectivity index (χ3v) is 13.1. The number of methoxy groups -OCH3 is 1. The van der Waals surface area contributed by atoms with E-state index < -0.39 is 90.2 Å². The van der Waals surface area contributed by atoms with Gasteiger partial charge in [0, 0.05) is 11.1 Å². The van der Waals surface area contributed by atoms with Crippen LogP contribution in [-0.4, -0.2) is 41.5 Å². The molecule has 0 amide bonds. The number of hydrogen-bond donors (Lipinski definition) is 0. The minimum Gasteiger partial charge on any atom is -0.468 e. The highest BCUT2D eigenvalue weighted by atomic mass is 31.2. The van der Waals surface area contributed by atoms with Gasteiger partial charge in [-0.2, -0.15) is 17.6 Å².